The molecule has 0 saturated carbocycles. The fourth-order valence-corrected chi connectivity index (χ4v) is 3.20. The van der Waals surface area contributed by atoms with Crippen LogP contribution in [0, 0.1) is 0 Å². The smallest absolute Gasteiger partial charge is 0.410 e. The van der Waals surface area contributed by atoms with Crippen molar-refractivity contribution in [3.05, 3.63) is 29.6 Å². The Hall–Kier alpha value is -2.64. The number of hydrogen-bond acceptors (Lipinski definition) is 6. The molecule has 2 fully saturated rings. The van der Waals surface area contributed by atoms with Crippen LogP contribution in [0.3, 0.4) is 0 Å². The van der Waals surface area contributed by atoms with E-state index in [0.717, 1.165) is 19.3 Å². The lowest BCUT2D eigenvalue weighted by Gasteiger charge is -2.39. The van der Waals surface area contributed by atoms with Crippen LogP contribution < -0.4 is 0 Å². The summed E-state index contributed by atoms with van der Waals surface area (Å²) in [5.41, 5.74) is 0.602. The first-order valence-electron chi connectivity index (χ1n) is 8.37. The van der Waals surface area contributed by atoms with E-state index < -0.39 is 5.97 Å². The molecule has 2 aliphatic heterocycles. The van der Waals surface area contributed by atoms with E-state index in [0.29, 0.717) is 37.5 Å². The van der Waals surface area contributed by atoms with Gasteiger partial charge in [-0.1, -0.05) is 0 Å². The van der Waals surface area contributed by atoms with Gasteiger partial charge in [-0.25, -0.2) is 9.59 Å². The first-order chi connectivity index (χ1) is 12.1. The van der Waals surface area contributed by atoms with Crippen molar-refractivity contribution >= 4 is 18.0 Å². The summed E-state index contributed by atoms with van der Waals surface area (Å²) in [6.45, 7) is 2.33. The monoisotopic (exact) mass is 347 g/mol. The molecule has 3 heterocycles. The van der Waals surface area contributed by atoms with Crippen molar-refractivity contribution in [3.8, 4) is 0 Å². The molecule has 0 radical (unpaired) electrons. The Balaban J connectivity index is 1.58. The fraction of sp³-hybridized carbons (Fsp3) is 0.529. The lowest BCUT2D eigenvalue weighted by molar-refractivity contribution is 0.0354. The van der Waals surface area contributed by atoms with Gasteiger partial charge in [0.25, 0.3) is 5.91 Å². The van der Waals surface area contributed by atoms with Crippen LogP contribution in [-0.2, 0) is 9.47 Å². The van der Waals surface area contributed by atoms with Crippen molar-refractivity contribution in [1.82, 2.24) is 14.8 Å². The second kappa shape index (κ2) is 7.50. The number of methoxy groups -OCH3 is 1. The van der Waals surface area contributed by atoms with Gasteiger partial charge in [0.15, 0.2) is 0 Å². The number of piperidine rings is 1. The van der Waals surface area contributed by atoms with Crippen LogP contribution in [0.15, 0.2) is 18.3 Å². The van der Waals surface area contributed by atoms with Gasteiger partial charge in [0.2, 0.25) is 0 Å². The molecular weight excluding hydrogens is 326 g/mol. The Labute approximate surface area is 145 Å². The minimum Gasteiger partial charge on any atom is -0.465 e. The molecule has 0 unspecified atom stereocenters. The Kier molecular flexibility index (Phi) is 5.16. The number of carbonyl (C=O) groups is 3. The van der Waals surface area contributed by atoms with Crippen LogP contribution in [0.2, 0.25) is 0 Å². The molecule has 1 aromatic heterocycles. The summed E-state index contributed by atoms with van der Waals surface area (Å²) in [5.74, 6) is -0.656. The van der Waals surface area contributed by atoms with E-state index in [4.69, 9.17) is 4.74 Å². The predicted molar refractivity (Wildman–Crippen MR) is 87.2 cm³/mol. The highest BCUT2D eigenvalue weighted by atomic mass is 16.6. The minimum absolute atomic E-state index is 0.117. The molecule has 2 amide bonds. The molecule has 0 N–H and O–H groups in total. The zero-order chi connectivity index (χ0) is 17.8. The lowest BCUT2D eigenvalue weighted by atomic mass is 10.0. The number of aromatic nitrogens is 1. The van der Waals surface area contributed by atoms with Gasteiger partial charge < -0.3 is 19.3 Å². The molecule has 0 spiro atoms. The third-order valence-corrected chi connectivity index (χ3v) is 4.60. The zero-order valence-electron chi connectivity index (χ0n) is 14.1. The van der Waals surface area contributed by atoms with Crippen LogP contribution in [0.4, 0.5) is 4.79 Å². The number of likely N-dealkylation sites (tertiary alicyclic amines) is 1. The van der Waals surface area contributed by atoms with Crippen molar-refractivity contribution in [3.63, 3.8) is 0 Å². The topological polar surface area (TPSA) is 89.0 Å². The quantitative estimate of drug-likeness (QED) is 0.766. The molecule has 0 bridgehead atoms. The Morgan fingerprint density at radius 3 is 2.60 bits per heavy atom. The predicted octanol–water partition coefficient (Wildman–Crippen LogP) is 1.32. The molecule has 8 nitrogen and oxygen atoms in total. The largest absolute Gasteiger partial charge is 0.465 e. The average Bonchev–Trinajstić information content (AvgIpc) is 2.67. The van der Waals surface area contributed by atoms with Crippen LogP contribution in [-0.4, -0.2) is 72.1 Å². The van der Waals surface area contributed by atoms with Gasteiger partial charge >= 0.3 is 12.1 Å². The van der Waals surface area contributed by atoms with Gasteiger partial charge in [0, 0.05) is 31.9 Å². The summed E-state index contributed by atoms with van der Waals surface area (Å²) < 4.78 is 9.70. The SMILES string of the molecule is COC(=O)c1ccc(C(=O)N2CCC(N3CCCOC3=O)CC2)nc1. The van der Waals surface area contributed by atoms with Crippen LogP contribution in [0.25, 0.3) is 0 Å². The Morgan fingerprint density at radius 1 is 1.24 bits per heavy atom. The molecule has 3 rings (SSSR count). The summed E-state index contributed by atoms with van der Waals surface area (Å²) >= 11 is 0. The first kappa shape index (κ1) is 17.2. The maximum absolute atomic E-state index is 12.5. The molecule has 0 aliphatic carbocycles. The molecule has 134 valence electrons. The fourth-order valence-electron chi connectivity index (χ4n) is 3.20. The van der Waals surface area contributed by atoms with E-state index in [1.54, 1.807) is 9.80 Å². The van der Waals surface area contributed by atoms with E-state index >= 15 is 0 Å². The molecule has 1 aromatic rings. The van der Waals surface area contributed by atoms with Gasteiger partial charge in [0.1, 0.15) is 5.69 Å². The number of amides is 2. The van der Waals surface area contributed by atoms with Crippen LogP contribution >= 0.6 is 0 Å². The number of hydrogen-bond donors (Lipinski definition) is 0. The van der Waals surface area contributed by atoms with Crippen molar-refractivity contribution in [2.75, 3.05) is 33.4 Å². The summed E-state index contributed by atoms with van der Waals surface area (Å²) in [6.07, 6.45) is 3.38. The van der Waals surface area contributed by atoms with Gasteiger partial charge in [0.05, 0.1) is 19.3 Å². The molecule has 2 aliphatic rings. The third-order valence-electron chi connectivity index (χ3n) is 4.60. The molecule has 2 saturated heterocycles. The second-order valence-corrected chi connectivity index (χ2v) is 6.11. The van der Waals surface area contributed by atoms with Gasteiger partial charge in [-0.05, 0) is 31.4 Å². The highest BCUT2D eigenvalue weighted by Gasteiger charge is 2.32. The minimum atomic E-state index is -0.485. The normalized spacial score (nSPS) is 18.7. The number of nitrogens with zero attached hydrogens (tertiary/aromatic N) is 3. The van der Waals surface area contributed by atoms with E-state index in [1.807, 2.05) is 0 Å². The van der Waals surface area contributed by atoms with Crippen molar-refractivity contribution < 1.29 is 23.9 Å². The van der Waals surface area contributed by atoms with E-state index in [1.165, 1.54) is 25.4 Å². The number of cyclic esters (lactones) is 1. The van der Waals surface area contributed by atoms with Crippen LogP contribution in [0.5, 0.6) is 0 Å². The average molecular weight is 347 g/mol. The van der Waals surface area contributed by atoms with E-state index in [9.17, 15) is 14.4 Å². The maximum atomic E-state index is 12.5. The molecular formula is C17H21N3O5. The second-order valence-electron chi connectivity index (χ2n) is 6.11. The van der Waals surface area contributed by atoms with Crippen molar-refractivity contribution in [2.45, 2.75) is 25.3 Å². The first-order valence-corrected chi connectivity index (χ1v) is 8.37. The summed E-state index contributed by atoms with van der Waals surface area (Å²) in [4.78, 5) is 43.3. The van der Waals surface area contributed by atoms with Gasteiger partial charge in [-0.2, -0.15) is 0 Å². The summed E-state index contributed by atoms with van der Waals surface area (Å²) in [5, 5.41) is 0. The number of carbonyl (C=O) groups excluding carboxylic acids is 3. The Bertz CT molecular complexity index is 653. The van der Waals surface area contributed by atoms with Gasteiger partial charge in [-0.3, -0.25) is 9.78 Å². The van der Waals surface area contributed by atoms with Crippen molar-refractivity contribution in [2.24, 2.45) is 0 Å². The number of pyridine rings is 1. The standard InChI is InChI=1S/C17H21N3O5/c1-24-16(22)12-3-4-14(18-11-12)15(21)19-8-5-13(6-9-19)20-7-2-10-25-17(20)23/h3-4,11,13H,2,5-10H2,1H3. The molecule has 25 heavy (non-hydrogen) atoms. The van der Waals surface area contributed by atoms with Gasteiger partial charge in [-0.15, -0.1) is 0 Å². The zero-order valence-corrected chi connectivity index (χ0v) is 14.1. The number of esters is 1. The highest BCUT2D eigenvalue weighted by Crippen LogP contribution is 2.21. The molecule has 0 atom stereocenters. The third kappa shape index (κ3) is 3.72. The number of ether oxygens (including phenoxy) is 2. The molecule has 8 heteroatoms. The highest BCUT2D eigenvalue weighted by molar-refractivity contribution is 5.94. The van der Waals surface area contributed by atoms with E-state index in [-0.39, 0.29) is 18.0 Å². The summed E-state index contributed by atoms with van der Waals surface area (Å²) in [6, 6.07) is 3.18. The summed E-state index contributed by atoms with van der Waals surface area (Å²) in [7, 11) is 1.30. The van der Waals surface area contributed by atoms with Crippen LogP contribution in [0.1, 0.15) is 40.1 Å². The maximum Gasteiger partial charge on any atom is 0.410 e. The lowest BCUT2D eigenvalue weighted by Crippen LogP contribution is -2.51. The number of rotatable bonds is 3. The van der Waals surface area contributed by atoms with Crippen molar-refractivity contribution in [1.29, 1.82) is 0 Å². The Morgan fingerprint density at radius 2 is 2.00 bits per heavy atom. The van der Waals surface area contributed by atoms with E-state index in [2.05, 4.69) is 9.72 Å². The molecule has 0 aromatic carbocycles.